The third-order valence-electron chi connectivity index (χ3n) is 3.92. The van der Waals surface area contributed by atoms with Crippen molar-refractivity contribution in [2.75, 3.05) is 7.11 Å². The Bertz CT molecular complexity index is 439. The predicted octanol–water partition coefficient (Wildman–Crippen LogP) is 2.66. The molecule has 1 aliphatic carbocycles. The summed E-state index contributed by atoms with van der Waals surface area (Å²) in [6, 6.07) is 0. The number of rotatable bonds is 7. The quantitative estimate of drug-likeness (QED) is 0.720. The molecule has 6 nitrogen and oxygen atoms in total. The highest BCUT2D eigenvalue weighted by Crippen LogP contribution is 2.27. The SMILES string of the molecule is CCCCc1noc(COC2CCC(C(=O)OC)CC2)n1. The van der Waals surface area contributed by atoms with E-state index < -0.39 is 0 Å². The first-order chi connectivity index (χ1) is 10.2. The molecule has 0 amide bonds. The van der Waals surface area contributed by atoms with Crippen LogP contribution in [-0.4, -0.2) is 29.3 Å². The van der Waals surface area contributed by atoms with Crippen LogP contribution in [0, 0.1) is 5.92 Å². The van der Waals surface area contributed by atoms with Crippen molar-refractivity contribution in [2.24, 2.45) is 5.92 Å². The molecule has 1 aromatic heterocycles. The Labute approximate surface area is 125 Å². The molecule has 1 aromatic rings. The summed E-state index contributed by atoms with van der Waals surface area (Å²) in [5, 5.41) is 3.94. The number of carbonyl (C=O) groups excluding carboxylic acids is 1. The van der Waals surface area contributed by atoms with Crippen molar-refractivity contribution in [2.45, 2.75) is 64.6 Å². The molecule has 6 heteroatoms. The molecule has 21 heavy (non-hydrogen) atoms. The van der Waals surface area contributed by atoms with E-state index in [0.717, 1.165) is 50.8 Å². The van der Waals surface area contributed by atoms with Gasteiger partial charge in [0.15, 0.2) is 5.82 Å². The predicted molar refractivity (Wildman–Crippen MR) is 75.5 cm³/mol. The maximum atomic E-state index is 11.4. The summed E-state index contributed by atoms with van der Waals surface area (Å²) in [6.07, 6.45) is 6.58. The summed E-state index contributed by atoms with van der Waals surface area (Å²) < 4.78 is 15.7. The van der Waals surface area contributed by atoms with Crippen LogP contribution >= 0.6 is 0 Å². The van der Waals surface area contributed by atoms with Gasteiger partial charge in [-0.1, -0.05) is 18.5 Å². The van der Waals surface area contributed by atoms with Gasteiger partial charge in [-0.15, -0.1) is 0 Å². The lowest BCUT2D eigenvalue weighted by atomic mass is 9.87. The van der Waals surface area contributed by atoms with Gasteiger partial charge in [-0.2, -0.15) is 4.98 Å². The van der Waals surface area contributed by atoms with Crippen molar-refractivity contribution in [3.05, 3.63) is 11.7 Å². The zero-order valence-corrected chi connectivity index (χ0v) is 12.8. The number of hydrogen-bond donors (Lipinski definition) is 0. The Balaban J connectivity index is 1.69. The van der Waals surface area contributed by atoms with Crippen LogP contribution in [0.5, 0.6) is 0 Å². The summed E-state index contributed by atoms with van der Waals surface area (Å²) >= 11 is 0. The van der Waals surface area contributed by atoms with Crippen LogP contribution in [0.25, 0.3) is 0 Å². The lowest BCUT2D eigenvalue weighted by Crippen LogP contribution is -2.26. The Morgan fingerprint density at radius 1 is 1.33 bits per heavy atom. The van der Waals surface area contributed by atoms with Gasteiger partial charge in [-0.25, -0.2) is 0 Å². The average molecular weight is 296 g/mol. The average Bonchev–Trinajstić information content (AvgIpc) is 2.98. The van der Waals surface area contributed by atoms with Crippen LogP contribution in [0.2, 0.25) is 0 Å². The molecule has 1 fully saturated rings. The summed E-state index contributed by atoms with van der Waals surface area (Å²) in [5.41, 5.74) is 0. The van der Waals surface area contributed by atoms with Crippen LogP contribution in [0.4, 0.5) is 0 Å². The first-order valence-corrected chi connectivity index (χ1v) is 7.73. The van der Waals surface area contributed by atoms with Crippen molar-refractivity contribution in [1.82, 2.24) is 10.1 Å². The second-order valence-electron chi connectivity index (χ2n) is 5.52. The maximum absolute atomic E-state index is 11.4. The van der Waals surface area contributed by atoms with E-state index in [1.807, 2.05) is 0 Å². The number of carbonyl (C=O) groups is 1. The minimum Gasteiger partial charge on any atom is -0.469 e. The minimum absolute atomic E-state index is 0.0268. The zero-order chi connectivity index (χ0) is 15.1. The van der Waals surface area contributed by atoms with Crippen LogP contribution in [-0.2, 0) is 27.3 Å². The van der Waals surface area contributed by atoms with Crippen LogP contribution in [0.15, 0.2) is 4.52 Å². The van der Waals surface area contributed by atoms with E-state index in [1.54, 1.807) is 0 Å². The number of aryl methyl sites for hydroxylation is 1. The van der Waals surface area contributed by atoms with E-state index in [0.29, 0.717) is 12.5 Å². The molecule has 0 aliphatic heterocycles. The van der Waals surface area contributed by atoms with Gasteiger partial charge in [-0.05, 0) is 32.1 Å². The molecule has 2 rings (SSSR count). The van der Waals surface area contributed by atoms with Gasteiger partial charge in [0.05, 0.1) is 19.1 Å². The minimum atomic E-state index is -0.106. The number of hydrogen-bond acceptors (Lipinski definition) is 6. The number of methoxy groups -OCH3 is 1. The first-order valence-electron chi connectivity index (χ1n) is 7.73. The van der Waals surface area contributed by atoms with Gasteiger partial charge in [-0.3, -0.25) is 4.79 Å². The van der Waals surface area contributed by atoms with Crippen molar-refractivity contribution >= 4 is 5.97 Å². The second-order valence-corrected chi connectivity index (χ2v) is 5.52. The van der Waals surface area contributed by atoms with Crippen molar-refractivity contribution in [1.29, 1.82) is 0 Å². The normalized spacial score (nSPS) is 22.2. The molecule has 0 unspecified atom stereocenters. The molecular formula is C15H24N2O4. The summed E-state index contributed by atoms with van der Waals surface area (Å²) in [4.78, 5) is 15.8. The van der Waals surface area contributed by atoms with Gasteiger partial charge in [0, 0.05) is 6.42 Å². The number of nitrogens with zero attached hydrogens (tertiary/aromatic N) is 2. The highest BCUT2D eigenvalue weighted by atomic mass is 16.5. The van der Waals surface area contributed by atoms with E-state index in [4.69, 9.17) is 14.0 Å². The second kappa shape index (κ2) is 8.12. The molecule has 0 atom stereocenters. The molecular weight excluding hydrogens is 272 g/mol. The summed E-state index contributed by atoms with van der Waals surface area (Å²) in [7, 11) is 1.44. The van der Waals surface area contributed by atoms with Gasteiger partial charge < -0.3 is 14.0 Å². The highest BCUT2D eigenvalue weighted by Gasteiger charge is 2.27. The van der Waals surface area contributed by atoms with Gasteiger partial charge in [0.25, 0.3) is 5.89 Å². The number of ether oxygens (including phenoxy) is 2. The molecule has 0 aromatic carbocycles. The number of unbranched alkanes of at least 4 members (excludes halogenated alkanes) is 1. The molecule has 0 bridgehead atoms. The fourth-order valence-corrected chi connectivity index (χ4v) is 2.61. The number of aromatic nitrogens is 2. The van der Waals surface area contributed by atoms with Crippen molar-refractivity contribution in [3.8, 4) is 0 Å². The standard InChI is InChI=1S/C15H24N2O4/c1-3-4-5-13-16-14(21-17-13)10-20-12-8-6-11(7-9-12)15(18)19-2/h11-12H,3-10H2,1-2H3. The molecule has 1 aliphatic rings. The van der Waals surface area contributed by atoms with Crippen LogP contribution in [0.1, 0.15) is 57.2 Å². The molecule has 0 N–H and O–H groups in total. The van der Waals surface area contributed by atoms with E-state index in [-0.39, 0.29) is 18.0 Å². The number of esters is 1. The maximum Gasteiger partial charge on any atom is 0.308 e. The van der Waals surface area contributed by atoms with Crippen molar-refractivity contribution in [3.63, 3.8) is 0 Å². The zero-order valence-electron chi connectivity index (χ0n) is 12.8. The third kappa shape index (κ3) is 4.81. The molecule has 1 saturated carbocycles. The fourth-order valence-electron chi connectivity index (χ4n) is 2.61. The van der Waals surface area contributed by atoms with E-state index in [9.17, 15) is 4.79 Å². The Morgan fingerprint density at radius 3 is 2.76 bits per heavy atom. The Morgan fingerprint density at radius 2 is 2.10 bits per heavy atom. The molecule has 0 saturated heterocycles. The van der Waals surface area contributed by atoms with Crippen molar-refractivity contribution < 1.29 is 18.8 Å². The monoisotopic (exact) mass is 296 g/mol. The smallest absolute Gasteiger partial charge is 0.308 e. The van der Waals surface area contributed by atoms with Crippen LogP contribution in [0.3, 0.4) is 0 Å². The third-order valence-corrected chi connectivity index (χ3v) is 3.92. The first kappa shape index (κ1) is 15.9. The summed E-state index contributed by atoms with van der Waals surface area (Å²) in [6.45, 7) is 2.49. The summed E-state index contributed by atoms with van der Waals surface area (Å²) in [5.74, 6) is 1.21. The molecule has 1 heterocycles. The van der Waals surface area contributed by atoms with E-state index in [1.165, 1.54) is 7.11 Å². The van der Waals surface area contributed by atoms with Gasteiger partial charge >= 0.3 is 5.97 Å². The van der Waals surface area contributed by atoms with E-state index >= 15 is 0 Å². The lowest BCUT2D eigenvalue weighted by molar-refractivity contribution is -0.147. The largest absolute Gasteiger partial charge is 0.469 e. The van der Waals surface area contributed by atoms with Crippen LogP contribution < -0.4 is 0 Å². The van der Waals surface area contributed by atoms with Gasteiger partial charge in [0.2, 0.25) is 0 Å². The molecule has 0 radical (unpaired) electrons. The fraction of sp³-hybridized carbons (Fsp3) is 0.800. The van der Waals surface area contributed by atoms with E-state index in [2.05, 4.69) is 17.1 Å². The topological polar surface area (TPSA) is 74.5 Å². The molecule has 0 spiro atoms. The molecule has 118 valence electrons. The highest BCUT2D eigenvalue weighted by molar-refractivity contribution is 5.72. The van der Waals surface area contributed by atoms with Gasteiger partial charge in [0.1, 0.15) is 6.61 Å². The Kier molecular flexibility index (Phi) is 6.17. The Hall–Kier alpha value is -1.43. The lowest BCUT2D eigenvalue weighted by Gasteiger charge is -2.26.